The standard InChI is InChI=1S/C12H24F3N/c1-3-5-8-11(7-4-2)16-10-6-9-12(13,14)15/h11,16H,3-10H2,1-2H3. The van der Waals surface area contributed by atoms with E-state index in [9.17, 15) is 13.2 Å². The first-order valence-electron chi connectivity index (χ1n) is 6.29. The Hall–Kier alpha value is -0.250. The Labute approximate surface area is 96.8 Å². The molecule has 0 aromatic heterocycles. The van der Waals surface area contributed by atoms with Crippen molar-refractivity contribution in [3.8, 4) is 0 Å². The molecule has 0 aromatic carbocycles. The molecule has 0 fully saturated rings. The van der Waals surface area contributed by atoms with Crippen molar-refractivity contribution >= 4 is 0 Å². The molecule has 98 valence electrons. The predicted octanol–water partition coefficient (Wildman–Crippen LogP) is 4.28. The Morgan fingerprint density at radius 2 is 1.69 bits per heavy atom. The van der Waals surface area contributed by atoms with E-state index >= 15 is 0 Å². The zero-order chi connectivity index (χ0) is 12.4. The second-order valence-corrected chi connectivity index (χ2v) is 4.30. The number of nitrogens with one attached hydrogen (secondary N) is 1. The molecule has 0 aromatic rings. The first-order valence-corrected chi connectivity index (χ1v) is 6.29. The van der Waals surface area contributed by atoms with E-state index in [2.05, 4.69) is 19.2 Å². The molecular formula is C12H24F3N. The Kier molecular flexibility index (Phi) is 8.71. The highest BCUT2D eigenvalue weighted by Gasteiger charge is 2.25. The number of hydrogen-bond acceptors (Lipinski definition) is 1. The summed E-state index contributed by atoms with van der Waals surface area (Å²) < 4.78 is 35.7. The van der Waals surface area contributed by atoms with Crippen molar-refractivity contribution in [2.24, 2.45) is 0 Å². The van der Waals surface area contributed by atoms with Crippen LogP contribution in [0.25, 0.3) is 0 Å². The molecule has 0 aliphatic carbocycles. The van der Waals surface area contributed by atoms with Crippen molar-refractivity contribution < 1.29 is 13.2 Å². The van der Waals surface area contributed by atoms with E-state index in [0.29, 0.717) is 12.6 Å². The maximum Gasteiger partial charge on any atom is 0.389 e. The molecule has 0 amide bonds. The van der Waals surface area contributed by atoms with Crippen molar-refractivity contribution in [1.29, 1.82) is 0 Å². The molecule has 0 spiro atoms. The molecule has 0 aliphatic heterocycles. The lowest BCUT2D eigenvalue weighted by atomic mass is 10.1. The summed E-state index contributed by atoms with van der Waals surface area (Å²) in [5.41, 5.74) is 0. The largest absolute Gasteiger partial charge is 0.389 e. The highest BCUT2D eigenvalue weighted by atomic mass is 19.4. The van der Waals surface area contributed by atoms with Crippen LogP contribution in [0, 0.1) is 0 Å². The predicted molar refractivity (Wildman–Crippen MR) is 61.5 cm³/mol. The lowest BCUT2D eigenvalue weighted by Gasteiger charge is -2.18. The minimum Gasteiger partial charge on any atom is -0.314 e. The maximum atomic E-state index is 11.9. The zero-order valence-electron chi connectivity index (χ0n) is 10.4. The molecule has 0 saturated heterocycles. The molecule has 0 heterocycles. The highest BCUT2D eigenvalue weighted by molar-refractivity contribution is 4.66. The van der Waals surface area contributed by atoms with Gasteiger partial charge in [-0.25, -0.2) is 0 Å². The number of alkyl halides is 3. The Morgan fingerprint density at radius 1 is 1.00 bits per heavy atom. The lowest BCUT2D eigenvalue weighted by molar-refractivity contribution is -0.135. The van der Waals surface area contributed by atoms with Gasteiger partial charge in [0.2, 0.25) is 0 Å². The molecule has 1 N–H and O–H groups in total. The van der Waals surface area contributed by atoms with Crippen LogP contribution in [0.3, 0.4) is 0 Å². The van der Waals surface area contributed by atoms with E-state index in [4.69, 9.17) is 0 Å². The maximum absolute atomic E-state index is 11.9. The van der Waals surface area contributed by atoms with Crippen LogP contribution in [0.4, 0.5) is 13.2 Å². The van der Waals surface area contributed by atoms with Gasteiger partial charge in [0.25, 0.3) is 0 Å². The molecule has 4 heteroatoms. The van der Waals surface area contributed by atoms with Gasteiger partial charge in [-0.2, -0.15) is 13.2 Å². The summed E-state index contributed by atoms with van der Waals surface area (Å²) in [6, 6.07) is 0.401. The van der Waals surface area contributed by atoms with E-state index in [1.165, 1.54) is 0 Å². The molecule has 0 aliphatic rings. The molecule has 0 bridgehead atoms. The Balaban J connectivity index is 3.59. The summed E-state index contributed by atoms with van der Waals surface area (Å²) in [4.78, 5) is 0. The molecule has 1 nitrogen and oxygen atoms in total. The van der Waals surface area contributed by atoms with E-state index in [1.54, 1.807) is 0 Å². The summed E-state index contributed by atoms with van der Waals surface area (Å²) in [5.74, 6) is 0. The van der Waals surface area contributed by atoms with Crippen molar-refractivity contribution in [1.82, 2.24) is 5.32 Å². The van der Waals surface area contributed by atoms with Crippen LogP contribution in [0.15, 0.2) is 0 Å². The van der Waals surface area contributed by atoms with Gasteiger partial charge < -0.3 is 5.32 Å². The monoisotopic (exact) mass is 239 g/mol. The average Bonchev–Trinajstić information content (AvgIpc) is 2.19. The van der Waals surface area contributed by atoms with Crippen LogP contribution in [0.5, 0.6) is 0 Å². The van der Waals surface area contributed by atoms with Crippen molar-refractivity contribution in [2.75, 3.05) is 6.54 Å². The minimum absolute atomic E-state index is 0.190. The smallest absolute Gasteiger partial charge is 0.314 e. The zero-order valence-corrected chi connectivity index (χ0v) is 10.4. The number of halogens is 3. The van der Waals surface area contributed by atoms with Crippen LogP contribution >= 0.6 is 0 Å². The summed E-state index contributed by atoms with van der Waals surface area (Å²) in [5, 5.41) is 3.23. The van der Waals surface area contributed by atoms with Crippen LogP contribution in [-0.2, 0) is 0 Å². The summed E-state index contributed by atoms with van der Waals surface area (Å²) in [7, 11) is 0. The number of hydrogen-bond donors (Lipinski definition) is 1. The van der Waals surface area contributed by atoms with Crippen LogP contribution in [-0.4, -0.2) is 18.8 Å². The second-order valence-electron chi connectivity index (χ2n) is 4.30. The normalized spacial score (nSPS) is 14.1. The van der Waals surface area contributed by atoms with Gasteiger partial charge in [-0.15, -0.1) is 0 Å². The first kappa shape index (κ1) is 15.8. The van der Waals surface area contributed by atoms with Gasteiger partial charge in [-0.3, -0.25) is 0 Å². The summed E-state index contributed by atoms with van der Waals surface area (Å²) in [6.45, 7) is 4.72. The van der Waals surface area contributed by atoms with Gasteiger partial charge in [0.05, 0.1) is 0 Å². The van der Waals surface area contributed by atoms with Crippen molar-refractivity contribution in [3.63, 3.8) is 0 Å². The van der Waals surface area contributed by atoms with Crippen LogP contribution < -0.4 is 5.32 Å². The van der Waals surface area contributed by atoms with E-state index < -0.39 is 12.6 Å². The second kappa shape index (κ2) is 8.85. The first-order chi connectivity index (χ1) is 7.49. The fraction of sp³-hybridized carbons (Fsp3) is 1.00. The molecule has 1 unspecified atom stereocenters. The Bertz CT molecular complexity index is 157. The van der Waals surface area contributed by atoms with E-state index in [0.717, 1.165) is 32.1 Å². The Morgan fingerprint density at radius 3 is 2.19 bits per heavy atom. The quantitative estimate of drug-likeness (QED) is 0.592. The fourth-order valence-electron chi connectivity index (χ4n) is 1.74. The van der Waals surface area contributed by atoms with Gasteiger partial charge in [0, 0.05) is 12.5 Å². The molecule has 0 radical (unpaired) electrons. The summed E-state index contributed by atoms with van der Waals surface area (Å²) in [6.07, 6.45) is 1.03. The third-order valence-corrected chi connectivity index (χ3v) is 2.61. The number of rotatable bonds is 9. The molecule has 16 heavy (non-hydrogen) atoms. The van der Waals surface area contributed by atoms with Gasteiger partial charge in [0.1, 0.15) is 0 Å². The molecular weight excluding hydrogens is 215 g/mol. The number of unbranched alkanes of at least 4 members (excludes halogenated alkanes) is 1. The minimum atomic E-state index is -4.01. The van der Waals surface area contributed by atoms with Gasteiger partial charge in [0.15, 0.2) is 0 Å². The molecule has 1 atom stereocenters. The van der Waals surface area contributed by atoms with Crippen LogP contribution in [0.1, 0.15) is 58.8 Å². The van der Waals surface area contributed by atoms with Gasteiger partial charge in [-0.1, -0.05) is 33.1 Å². The van der Waals surface area contributed by atoms with Crippen molar-refractivity contribution in [2.45, 2.75) is 71.0 Å². The lowest BCUT2D eigenvalue weighted by Crippen LogP contribution is -2.30. The highest BCUT2D eigenvalue weighted by Crippen LogP contribution is 2.20. The van der Waals surface area contributed by atoms with E-state index in [-0.39, 0.29) is 6.42 Å². The van der Waals surface area contributed by atoms with Crippen LogP contribution in [0.2, 0.25) is 0 Å². The van der Waals surface area contributed by atoms with Gasteiger partial charge >= 0.3 is 6.18 Å². The third-order valence-electron chi connectivity index (χ3n) is 2.61. The molecule has 0 rings (SSSR count). The van der Waals surface area contributed by atoms with Crippen molar-refractivity contribution in [3.05, 3.63) is 0 Å². The summed E-state index contributed by atoms with van der Waals surface area (Å²) >= 11 is 0. The van der Waals surface area contributed by atoms with Gasteiger partial charge in [-0.05, 0) is 25.8 Å². The SMILES string of the molecule is CCCCC(CCC)NCCCC(F)(F)F. The average molecular weight is 239 g/mol. The topological polar surface area (TPSA) is 12.0 Å². The molecule has 0 saturated carbocycles. The fourth-order valence-corrected chi connectivity index (χ4v) is 1.74. The third kappa shape index (κ3) is 10.3. The van der Waals surface area contributed by atoms with E-state index in [1.807, 2.05) is 0 Å².